The molecule has 0 aliphatic rings. The number of benzene rings is 2. The van der Waals surface area contributed by atoms with Gasteiger partial charge in [0.1, 0.15) is 19.0 Å². The maximum Gasteiger partial charge on any atom is 0.165 e. The van der Waals surface area contributed by atoms with Crippen LogP contribution in [0.3, 0.4) is 0 Å². The second kappa shape index (κ2) is 7.22. The van der Waals surface area contributed by atoms with Gasteiger partial charge in [0.05, 0.1) is 0 Å². The summed E-state index contributed by atoms with van der Waals surface area (Å²) in [5.41, 5.74) is 0.325. The van der Waals surface area contributed by atoms with Crippen LogP contribution in [-0.4, -0.2) is 19.0 Å². The molecule has 2 aromatic carbocycles. The second-order valence-electron chi connectivity index (χ2n) is 4.35. The third-order valence-corrected chi connectivity index (χ3v) is 3.29. The molecule has 0 fully saturated rings. The molecule has 0 aromatic heterocycles. The van der Waals surface area contributed by atoms with Gasteiger partial charge in [0.15, 0.2) is 17.3 Å². The lowest BCUT2D eigenvalue weighted by Gasteiger charge is -2.09. The van der Waals surface area contributed by atoms with Crippen LogP contribution in [0.15, 0.2) is 46.9 Å². The van der Waals surface area contributed by atoms with Gasteiger partial charge >= 0.3 is 0 Å². The van der Waals surface area contributed by atoms with Crippen molar-refractivity contribution in [3.05, 3.63) is 58.3 Å². The van der Waals surface area contributed by atoms with Gasteiger partial charge in [-0.1, -0.05) is 15.9 Å². The van der Waals surface area contributed by atoms with E-state index in [2.05, 4.69) is 15.9 Å². The summed E-state index contributed by atoms with van der Waals surface area (Å²) in [6.45, 7) is 1.91. The monoisotopic (exact) mass is 352 g/mol. The minimum absolute atomic E-state index is 0.111. The molecule has 0 unspecified atom stereocenters. The number of halogens is 2. The van der Waals surface area contributed by atoms with Crippen LogP contribution in [0.4, 0.5) is 4.39 Å². The molecule has 21 heavy (non-hydrogen) atoms. The zero-order valence-corrected chi connectivity index (χ0v) is 13.0. The number of carbonyl (C=O) groups excluding carboxylic acids is 1. The highest BCUT2D eigenvalue weighted by Crippen LogP contribution is 2.19. The largest absolute Gasteiger partial charge is 0.490 e. The number of rotatable bonds is 6. The van der Waals surface area contributed by atoms with Crippen LogP contribution in [0, 0.1) is 5.82 Å². The molecule has 0 bridgehead atoms. The predicted octanol–water partition coefficient (Wildman–Crippen LogP) is 4.25. The highest BCUT2D eigenvalue weighted by atomic mass is 79.9. The minimum atomic E-state index is -0.550. The Morgan fingerprint density at radius 2 is 1.76 bits per heavy atom. The van der Waals surface area contributed by atoms with Gasteiger partial charge in [-0.15, -0.1) is 0 Å². The maximum absolute atomic E-state index is 13.7. The zero-order chi connectivity index (χ0) is 15.2. The lowest BCUT2D eigenvalue weighted by atomic mass is 10.1. The molecule has 0 saturated heterocycles. The molecule has 0 atom stereocenters. The van der Waals surface area contributed by atoms with Crippen molar-refractivity contribution < 1.29 is 18.7 Å². The molecule has 0 amide bonds. The Balaban J connectivity index is 1.83. The molecule has 0 spiro atoms. The first-order valence-corrected chi connectivity index (χ1v) is 7.17. The van der Waals surface area contributed by atoms with Crippen LogP contribution >= 0.6 is 15.9 Å². The summed E-state index contributed by atoms with van der Waals surface area (Å²) in [5, 5.41) is 0. The summed E-state index contributed by atoms with van der Waals surface area (Å²) in [7, 11) is 0. The van der Waals surface area contributed by atoms with E-state index in [1.54, 1.807) is 0 Å². The molecule has 2 aromatic rings. The van der Waals surface area contributed by atoms with E-state index in [4.69, 9.17) is 9.47 Å². The molecule has 0 aliphatic carbocycles. The summed E-state index contributed by atoms with van der Waals surface area (Å²) in [6, 6.07) is 11.6. The number of hydrogen-bond donors (Lipinski definition) is 0. The maximum atomic E-state index is 13.7. The van der Waals surface area contributed by atoms with Crippen molar-refractivity contribution in [2.45, 2.75) is 6.92 Å². The van der Waals surface area contributed by atoms with Crippen molar-refractivity contribution in [1.82, 2.24) is 0 Å². The van der Waals surface area contributed by atoms with Crippen molar-refractivity contribution in [2.24, 2.45) is 0 Å². The molecule has 0 N–H and O–H groups in total. The van der Waals surface area contributed by atoms with Crippen molar-refractivity contribution in [3.8, 4) is 11.5 Å². The van der Waals surface area contributed by atoms with E-state index < -0.39 is 5.82 Å². The van der Waals surface area contributed by atoms with Gasteiger partial charge in [0.2, 0.25) is 0 Å². The van der Waals surface area contributed by atoms with E-state index in [0.717, 1.165) is 4.47 Å². The summed E-state index contributed by atoms with van der Waals surface area (Å²) in [5.74, 6) is 0.0963. The molecule has 0 heterocycles. The first kappa shape index (κ1) is 15.5. The minimum Gasteiger partial charge on any atom is -0.490 e. The van der Waals surface area contributed by atoms with Gasteiger partial charge in [-0.2, -0.15) is 0 Å². The normalized spacial score (nSPS) is 10.2. The standard InChI is InChI=1S/C16H14BrFO3/c1-11(19)12-2-7-16(15(18)10-12)21-9-8-20-14-5-3-13(17)4-6-14/h2-7,10H,8-9H2,1H3. The van der Waals surface area contributed by atoms with Gasteiger partial charge in [-0.25, -0.2) is 4.39 Å². The van der Waals surface area contributed by atoms with Crippen LogP contribution in [0.1, 0.15) is 17.3 Å². The fraction of sp³-hybridized carbons (Fsp3) is 0.188. The highest BCUT2D eigenvalue weighted by molar-refractivity contribution is 9.10. The molecule has 0 aliphatic heterocycles. The first-order valence-electron chi connectivity index (χ1n) is 6.38. The van der Waals surface area contributed by atoms with Gasteiger partial charge in [-0.3, -0.25) is 4.79 Å². The Hall–Kier alpha value is -1.88. The number of Topliss-reactive ketones (excluding diaryl/α,β-unsaturated/α-hetero) is 1. The number of carbonyl (C=O) groups is 1. The third-order valence-electron chi connectivity index (χ3n) is 2.76. The average Bonchev–Trinajstić information content (AvgIpc) is 2.46. The Morgan fingerprint density at radius 1 is 1.10 bits per heavy atom. The predicted molar refractivity (Wildman–Crippen MR) is 81.5 cm³/mol. The van der Waals surface area contributed by atoms with Crippen LogP contribution in [-0.2, 0) is 0 Å². The SMILES string of the molecule is CC(=O)c1ccc(OCCOc2ccc(Br)cc2)c(F)c1. The third kappa shape index (κ3) is 4.56. The molecule has 2 rings (SSSR count). The Kier molecular flexibility index (Phi) is 5.33. The van der Waals surface area contributed by atoms with Crippen LogP contribution < -0.4 is 9.47 Å². The van der Waals surface area contributed by atoms with Crippen molar-refractivity contribution in [1.29, 1.82) is 0 Å². The van der Waals surface area contributed by atoms with E-state index in [-0.39, 0.29) is 18.1 Å². The van der Waals surface area contributed by atoms with Crippen LogP contribution in [0.25, 0.3) is 0 Å². The van der Waals surface area contributed by atoms with Crippen molar-refractivity contribution >= 4 is 21.7 Å². The highest BCUT2D eigenvalue weighted by Gasteiger charge is 2.07. The lowest BCUT2D eigenvalue weighted by molar-refractivity contribution is 0.101. The van der Waals surface area contributed by atoms with Crippen molar-refractivity contribution in [3.63, 3.8) is 0 Å². The second-order valence-corrected chi connectivity index (χ2v) is 5.27. The zero-order valence-electron chi connectivity index (χ0n) is 11.4. The van der Waals surface area contributed by atoms with Crippen LogP contribution in [0.5, 0.6) is 11.5 Å². The lowest BCUT2D eigenvalue weighted by Crippen LogP contribution is -2.10. The Morgan fingerprint density at radius 3 is 2.38 bits per heavy atom. The van der Waals surface area contributed by atoms with E-state index >= 15 is 0 Å². The molecule has 0 saturated carbocycles. The first-order chi connectivity index (χ1) is 10.1. The van der Waals surface area contributed by atoms with Gasteiger partial charge in [0, 0.05) is 10.0 Å². The van der Waals surface area contributed by atoms with Crippen LogP contribution in [0.2, 0.25) is 0 Å². The topological polar surface area (TPSA) is 35.5 Å². The quantitative estimate of drug-likeness (QED) is 0.575. The molecule has 0 radical (unpaired) electrons. The van der Waals surface area contributed by atoms with E-state index in [9.17, 15) is 9.18 Å². The summed E-state index contributed by atoms with van der Waals surface area (Å²) in [4.78, 5) is 11.1. The molecule has 110 valence electrons. The van der Waals surface area contributed by atoms with E-state index in [0.29, 0.717) is 17.9 Å². The van der Waals surface area contributed by atoms with E-state index in [1.165, 1.54) is 25.1 Å². The molecular weight excluding hydrogens is 339 g/mol. The fourth-order valence-corrected chi connectivity index (χ4v) is 1.94. The van der Waals surface area contributed by atoms with Gasteiger partial charge < -0.3 is 9.47 Å². The molecular formula is C16H14BrFO3. The summed E-state index contributed by atoms with van der Waals surface area (Å²) in [6.07, 6.45) is 0. The Labute approximate surface area is 130 Å². The number of ketones is 1. The summed E-state index contributed by atoms with van der Waals surface area (Å²) >= 11 is 3.34. The van der Waals surface area contributed by atoms with Gasteiger partial charge in [-0.05, 0) is 49.4 Å². The van der Waals surface area contributed by atoms with E-state index in [1.807, 2.05) is 24.3 Å². The number of ether oxygens (including phenoxy) is 2. The Bertz CT molecular complexity index is 626. The smallest absolute Gasteiger partial charge is 0.165 e. The average molecular weight is 353 g/mol. The van der Waals surface area contributed by atoms with Gasteiger partial charge in [0.25, 0.3) is 0 Å². The fourth-order valence-electron chi connectivity index (χ4n) is 1.68. The number of hydrogen-bond acceptors (Lipinski definition) is 3. The summed E-state index contributed by atoms with van der Waals surface area (Å²) < 4.78 is 25.4. The molecule has 5 heteroatoms. The van der Waals surface area contributed by atoms with Crippen molar-refractivity contribution in [2.75, 3.05) is 13.2 Å². The molecule has 3 nitrogen and oxygen atoms in total.